The summed E-state index contributed by atoms with van der Waals surface area (Å²) in [5.74, 6) is -0.572. The third kappa shape index (κ3) is 5.54. The Morgan fingerprint density at radius 2 is 2.04 bits per heavy atom. The van der Waals surface area contributed by atoms with Gasteiger partial charge in [-0.05, 0) is 37.0 Å². The zero-order chi connectivity index (χ0) is 20.0. The van der Waals surface area contributed by atoms with E-state index in [-0.39, 0.29) is 22.9 Å². The molecule has 1 aliphatic carbocycles. The van der Waals surface area contributed by atoms with E-state index in [1.165, 1.54) is 39.4 Å². The van der Waals surface area contributed by atoms with Crippen LogP contribution in [0.15, 0.2) is 35.2 Å². The molecule has 1 aliphatic rings. The van der Waals surface area contributed by atoms with Crippen LogP contribution in [-0.2, 0) is 24.3 Å². The maximum absolute atomic E-state index is 12.2. The number of benzene rings is 1. The van der Waals surface area contributed by atoms with Gasteiger partial charge in [0, 0.05) is 14.1 Å². The van der Waals surface area contributed by atoms with Gasteiger partial charge in [0.05, 0.1) is 24.1 Å². The Bertz CT molecular complexity index is 832. The lowest BCUT2D eigenvalue weighted by Gasteiger charge is -2.15. The van der Waals surface area contributed by atoms with Crippen LogP contribution in [0.2, 0.25) is 0 Å². The Kier molecular flexibility index (Phi) is 6.98. The molecule has 1 aromatic carbocycles. The van der Waals surface area contributed by atoms with Crippen LogP contribution in [0.3, 0.4) is 0 Å². The van der Waals surface area contributed by atoms with Crippen molar-refractivity contribution in [2.24, 2.45) is 5.92 Å². The molecule has 0 unspecified atom stereocenters. The van der Waals surface area contributed by atoms with Crippen molar-refractivity contribution in [1.29, 1.82) is 0 Å². The van der Waals surface area contributed by atoms with Crippen LogP contribution in [0, 0.1) is 5.92 Å². The first kappa shape index (κ1) is 20.9. The largest absolute Gasteiger partial charge is 0.495 e. The van der Waals surface area contributed by atoms with Gasteiger partial charge in [0.1, 0.15) is 5.75 Å². The molecule has 1 aromatic rings. The van der Waals surface area contributed by atoms with Crippen molar-refractivity contribution in [3.05, 3.63) is 30.4 Å². The number of allylic oxidation sites excluding steroid dienone is 2. The number of nitrogens with zero attached hydrogens (tertiary/aromatic N) is 1. The lowest BCUT2D eigenvalue weighted by Crippen LogP contribution is -2.24. The normalized spacial score (nSPS) is 16.4. The first-order valence-electron chi connectivity index (χ1n) is 8.46. The number of hydrogen-bond acceptors (Lipinski definition) is 6. The van der Waals surface area contributed by atoms with Gasteiger partial charge < -0.3 is 14.8 Å². The van der Waals surface area contributed by atoms with Crippen LogP contribution in [0.1, 0.15) is 19.3 Å². The highest BCUT2D eigenvalue weighted by atomic mass is 32.2. The molecule has 1 N–H and O–H groups in total. The molecule has 0 radical (unpaired) electrons. The fraction of sp³-hybridized carbons (Fsp3) is 0.444. The minimum absolute atomic E-state index is 0.00798. The van der Waals surface area contributed by atoms with Crippen molar-refractivity contribution < 1.29 is 27.5 Å². The van der Waals surface area contributed by atoms with Crippen LogP contribution in [0.5, 0.6) is 5.75 Å². The molecule has 0 aliphatic heterocycles. The maximum atomic E-state index is 12.2. The highest BCUT2D eigenvalue weighted by Gasteiger charge is 2.20. The molecule has 9 heteroatoms. The summed E-state index contributed by atoms with van der Waals surface area (Å²) in [6, 6.07) is 4.14. The Morgan fingerprint density at radius 1 is 1.30 bits per heavy atom. The highest BCUT2D eigenvalue weighted by Crippen LogP contribution is 2.28. The Morgan fingerprint density at radius 3 is 2.63 bits per heavy atom. The van der Waals surface area contributed by atoms with Crippen molar-refractivity contribution in [2.75, 3.05) is 33.1 Å². The second-order valence-electron chi connectivity index (χ2n) is 6.33. The third-order valence-corrected chi connectivity index (χ3v) is 5.94. The van der Waals surface area contributed by atoms with Crippen LogP contribution in [-0.4, -0.2) is 52.4 Å². The van der Waals surface area contributed by atoms with E-state index in [4.69, 9.17) is 9.47 Å². The zero-order valence-corrected chi connectivity index (χ0v) is 16.4. The standard InChI is InChI=1S/C18H24N2O6S/c1-20(2)27(23,24)14-8-9-16(25-3)15(11-14)19-17(21)12-26-18(22)10-13-6-4-5-7-13/h4,6,8-9,11,13H,5,7,10,12H2,1-3H3,(H,19,21)/t13-/m0/s1. The van der Waals surface area contributed by atoms with Crippen molar-refractivity contribution in [3.63, 3.8) is 0 Å². The summed E-state index contributed by atoms with van der Waals surface area (Å²) in [6.45, 7) is -0.455. The van der Waals surface area contributed by atoms with Gasteiger partial charge in [-0.3, -0.25) is 9.59 Å². The smallest absolute Gasteiger partial charge is 0.306 e. The number of anilines is 1. The van der Waals surface area contributed by atoms with E-state index >= 15 is 0 Å². The van der Waals surface area contributed by atoms with Crippen LogP contribution in [0.25, 0.3) is 0 Å². The molecule has 0 fully saturated rings. The van der Waals surface area contributed by atoms with Gasteiger partial charge >= 0.3 is 5.97 Å². The fourth-order valence-corrected chi connectivity index (χ4v) is 3.56. The molecule has 27 heavy (non-hydrogen) atoms. The lowest BCUT2D eigenvalue weighted by atomic mass is 10.1. The van der Waals surface area contributed by atoms with Gasteiger partial charge in [-0.25, -0.2) is 12.7 Å². The number of esters is 1. The summed E-state index contributed by atoms with van der Waals surface area (Å²) in [4.78, 5) is 23.9. The van der Waals surface area contributed by atoms with Gasteiger partial charge in [-0.15, -0.1) is 0 Å². The van der Waals surface area contributed by atoms with Crippen molar-refractivity contribution in [3.8, 4) is 5.75 Å². The van der Waals surface area contributed by atoms with E-state index in [9.17, 15) is 18.0 Å². The number of nitrogens with one attached hydrogen (secondary N) is 1. The number of amides is 1. The molecule has 0 bridgehead atoms. The minimum Gasteiger partial charge on any atom is -0.495 e. The van der Waals surface area contributed by atoms with Gasteiger partial charge in [0.15, 0.2) is 6.61 Å². The number of carbonyl (C=O) groups excluding carboxylic acids is 2. The first-order chi connectivity index (χ1) is 12.7. The third-order valence-electron chi connectivity index (χ3n) is 4.13. The number of ether oxygens (including phenoxy) is 2. The van der Waals surface area contributed by atoms with Gasteiger partial charge in [0.25, 0.3) is 5.91 Å². The highest BCUT2D eigenvalue weighted by molar-refractivity contribution is 7.89. The Balaban J connectivity index is 2.01. The second kappa shape index (κ2) is 9.01. The fourth-order valence-electron chi connectivity index (χ4n) is 2.63. The minimum atomic E-state index is -3.66. The number of methoxy groups -OCH3 is 1. The maximum Gasteiger partial charge on any atom is 0.306 e. The van der Waals surface area contributed by atoms with E-state index in [1.807, 2.05) is 12.2 Å². The molecular formula is C18H24N2O6S. The van der Waals surface area contributed by atoms with Crippen LogP contribution in [0.4, 0.5) is 5.69 Å². The molecule has 0 saturated carbocycles. The summed E-state index contributed by atoms with van der Waals surface area (Å²) in [5, 5.41) is 2.52. The predicted molar refractivity (Wildman–Crippen MR) is 99.9 cm³/mol. The number of rotatable bonds is 8. The van der Waals surface area contributed by atoms with Gasteiger partial charge in [-0.1, -0.05) is 12.2 Å². The molecule has 1 atom stereocenters. The zero-order valence-electron chi connectivity index (χ0n) is 15.6. The molecule has 1 amide bonds. The molecule has 148 valence electrons. The van der Waals surface area contributed by atoms with Crippen LogP contribution < -0.4 is 10.1 Å². The van der Waals surface area contributed by atoms with Gasteiger partial charge in [0.2, 0.25) is 10.0 Å². The van der Waals surface area contributed by atoms with E-state index in [2.05, 4.69) is 5.32 Å². The van der Waals surface area contributed by atoms with Crippen molar-refractivity contribution in [1.82, 2.24) is 4.31 Å². The molecule has 0 saturated heterocycles. The quantitative estimate of drug-likeness (QED) is 0.531. The molecule has 2 rings (SSSR count). The molecule has 0 aromatic heterocycles. The van der Waals surface area contributed by atoms with E-state index < -0.39 is 28.5 Å². The van der Waals surface area contributed by atoms with Crippen LogP contribution >= 0.6 is 0 Å². The summed E-state index contributed by atoms with van der Waals surface area (Å²) in [6.07, 6.45) is 6.09. The monoisotopic (exact) mass is 396 g/mol. The number of sulfonamides is 1. The Labute approximate surface area is 159 Å². The average Bonchev–Trinajstić information content (AvgIpc) is 3.12. The Hall–Kier alpha value is -2.39. The summed E-state index contributed by atoms with van der Waals surface area (Å²) in [7, 11) is 0.565. The van der Waals surface area contributed by atoms with Crippen molar-refractivity contribution >= 4 is 27.6 Å². The summed E-state index contributed by atoms with van der Waals surface area (Å²) >= 11 is 0. The first-order valence-corrected chi connectivity index (χ1v) is 9.90. The van der Waals surface area contributed by atoms with Gasteiger partial charge in [-0.2, -0.15) is 0 Å². The average molecular weight is 396 g/mol. The summed E-state index contributed by atoms with van der Waals surface area (Å²) in [5.41, 5.74) is 0.181. The molecule has 8 nitrogen and oxygen atoms in total. The second-order valence-corrected chi connectivity index (χ2v) is 8.48. The molecular weight excluding hydrogens is 372 g/mol. The van der Waals surface area contributed by atoms with E-state index in [1.54, 1.807) is 0 Å². The SMILES string of the molecule is COc1ccc(S(=O)(=O)N(C)C)cc1NC(=O)COC(=O)C[C@H]1C=CCC1. The number of hydrogen-bond donors (Lipinski definition) is 1. The summed E-state index contributed by atoms with van der Waals surface area (Å²) < 4.78 is 35.7. The predicted octanol–water partition coefficient (Wildman–Crippen LogP) is 1.78. The van der Waals surface area contributed by atoms with Crippen molar-refractivity contribution in [2.45, 2.75) is 24.2 Å². The topological polar surface area (TPSA) is 102 Å². The van der Waals surface area contributed by atoms with E-state index in [0.717, 1.165) is 17.1 Å². The lowest BCUT2D eigenvalue weighted by molar-refractivity contribution is -0.147. The number of carbonyl (C=O) groups is 2. The molecule has 0 heterocycles. The van der Waals surface area contributed by atoms with E-state index in [0.29, 0.717) is 5.75 Å². The molecule has 0 spiro atoms.